The molecule has 1 amide bonds. The number of carbonyl (C=O) groups is 1. The molecule has 1 atom stereocenters. The maximum Gasteiger partial charge on any atom is 0.460 e. The standard InChI is InChI=1S/C14H17F7N2O2/c1-10(2,3)11(25)6-8(22-23(11)9(24)7-4-5-7)12(15,16)13(17,18)14(19,20)21/h7,25H,4-6H2,1-3H3/t11-/m0/s1. The smallest absolute Gasteiger partial charge is 0.368 e. The van der Waals surface area contributed by atoms with E-state index in [4.69, 9.17) is 0 Å². The predicted octanol–water partition coefficient (Wildman–Crippen LogP) is 3.55. The zero-order chi connectivity index (χ0) is 19.6. The lowest BCUT2D eigenvalue weighted by atomic mass is 9.79. The number of halogens is 7. The average Bonchev–Trinajstić information content (AvgIpc) is 3.18. The highest BCUT2D eigenvalue weighted by Gasteiger charge is 2.76. The zero-order valence-electron chi connectivity index (χ0n) is 13.6. The summed E-state index contributed by atoms with van der Waals surface area (Å²) in [5.74, 6) is -13.6. The molecule has 2 aliphatic rings. The number of carbonyl (C=O) groups excluding carboxylic acids is 1. The van der Waals surface area contributed by atoms with E-state index in [1.165, 1.54) is 20.8 Å². The van der Waals surface area contributed by atoms with Crippen molar-refractivity contribution in [2.45, 2.75) is 63.8 Å². The van der Waals surface area contributed by atoms with E-state index in [0.29, 0.717) is 12.8 Å². The molecule has 0 aromatic heterocycles. The zero-order valence-corrected chi connectivity index (χ0v) is 13.6. The van der Waals surface area contributed by atoms with Crippen LogP contribution in [0, 0.1) is 11.3 Å². The van der Waals surface area contributed by atoms with Crippen molar-refractivity contribution in [1.29, 1.82) is 0 Å². The molecule has 4 nitrogen and oxygen atoms in total. The van der Waals surface area contributed by atoms with Crippen LogP contribution in [0.5, 0.6) is 0 Å². The van der Waals surface area contributed by atoms with Gasteiger partial charge in [0.1, 0.15) is 5.71 Å². The Balaban J connectivity index is 2.49. The number of rotatable bonds is 3. The minimum absolute atomic E-state index is 0.250. The van der Waals surface area contributed by atoms with Crippen molar-refractivity contribution in [1.82, 2.24) is 5.01 Å². The van der Waals surface area contributed by atoms with Crippen LogP contribution in [0.15, 0.2) is 5.10 Å². The van der Waals surface area contributed by atoms with Gasteiger partial charge in [-0.3, -0.25) is 4.79 Å². The summed E-state index contributed by atoms with van der Waals surface area (Å²) in [7, 11) is 0. The Hall–Kier alpha value is -1.39. The van der Waals surface area contributed by atoms with Crippen molar-refractivity contribution in [3.63, 3.8) is 0 Å². The second-order valence-electron chi connectivity index (χ2n) is 7.36. The fraction of sp³-hybridized carbons (Fsp3) is 0.857. The Morgan fingerprint density at radius 3 is 1.96 bits per heavy atom. The summed E-state index contributed by atoms with van der Waals surface area (Å²) in [5, 5.41) is 14.0. The third kappa shape index (κ3) is 2.89. The first-order chi connectivity index (χ1) is 11.0. The summed E-state index contributed by atoms with van der Waals surface area (Å²) in [5.41, 5.74) is -5.64. The van der Waals surface area contributed by atoms with Crippen molar-refractivity contribution in [2.75, 3.05) is 0 Å². The molecule has 1 heterocycles. The normalized spacial score (nSPS) is 26.0. The molecule has 25 heavy (non-hydrogen) atoms. The molecule has 0 aromatic rings. The van der Waals surface area contributed by atoms with Gasteiger partial charge in [-0.25, -0.2) is 5.01 Å². The van der Waals surface area contributed by atoms with Gasteiger partial charge in [0.05, 0.1) is 0 Å². The molecular formula is C14H17F7N2O2. The third-order valence-electron chi connectivity index (χ3n) is 4.43. The topological polar surface area (TPSA) is 52.9 Å². The number of hydrazone groups is 1. The maximum absolute atomic E-state index is 13.9. The fourth-order valence-electron chi connectivity index (χ4n) is 2.40. The van der Waals surface area contributed by atoms with Gasteiger partial charge < -0.3 is 5.11 Å². The summed E-state index contributed by atoms with van der Waals surface area (Å²) in [6.07, 6.45) is -7.04. The van der Waals surface area contributed by atoms with Crippen molar-refractivity contribution in [3.8, 4) is 0 Å². The quantitative estimate of drug-likeness (QED) is 0.764. The van der Waals surface area contributed by atoms with Crippen LogP contribution in [-0.4, -0.2) is 45.5 Å². The van der Waals surface area contributed by atoms with Crippen LogP contribution >= 0.6 is 0 Å². The molecule has 1 saturated carbocycles. The van der Waals surface area contributed by atoms with Crippen LogP contribution in [0.3, 0.4) is 0 Å². The van der Waals surface area contributed by atoms with E-state index in [2.05, 4.69) is 5.10 Å². The first-order valence-corrected chi connectivity index (χ1v) is 7.43. The lowest BCUT2D eigenvalue weighted by molar-refractivity contribution is -0.336. The van der Waals surface area contributed by atoms with Gasteiger partial charge in [-0.15, -0.1) is 0 Å². The minimum atomic E-state index is -6.52. The Morgan fingerprint density at radius 1 is 1.12 bits per heavy atom. The van der Waals surface area contributed by atoms with E-state index in [1.807, 2.05) is 0 Å². The summed E-state index contributed by atoms with van der Waals surface area (Å²) < 4.78 is 91.5. The minimum Gasteiger partial charge on any atom is -0.368 e. The Morgan fingerprint density at radius 2 is 1.60 bits per heavy atom. The Labute approximate surface area is 138 Å². The van der Waals surface area contributed by atoms with E-state index >= 15 is 0 Å². The van der Waals surface area contributed by atoms with Gasteiger partial charge in [0.2, 0.25) is 5.91 Å². The van der Waals surface area contributed by atoms with Crippen molar-refractivity contribution in [2.24, 2.45) is 16.4 Å². The monoisotopic (exact) mass is 378 g/mol. The number of aliphatic hydroxyl groups is 1. The van der Waals surface area contributed by atoms with Gasteiger partial charge in [-0.05, 0) is 12.8 Å². The summed E-state index contributed by atoms with van der Waals surface area (Å²) in [6, 6.07) is 0. The molecule has 1 fully saturated rings. The highest BCUT2D eigenvalue weighted by molar-refractivity contribution is 5.97. The molecule has 144 valence electrons. The van der Waals surface area contributed by atoms with Crippen LogP contribution in [0.1, 0.15) is 40.0 Å². The van der Waals surface area contributed by atoms with Crippen molar-refractivity contribution in [3.05, 3.63) is 0 Å². The number of hydrogen-bond donors (Lipinski definition) is 1. The molecule has 1 N–H and O–H groups in total. The second kappa shape index (κ2) is 5.31. The molecule has 11 heteroatoms. The molecule has 0 spiro atoms. The van der Waals surface area contributed by atoms with Crippen LogP contribution in [0.4, 0.5) is 30.7 Å². The Bertz CT molecular complexity index is 605. The molecule has 0 bridgehead atoms. The van der Waals surface area contributed by atoms with Gasteiger partial charge >= 0.3 is 18.0 Å². The second-order valence-corrected chi connectivity index (χ2v) is 7.36. The molecule has 2 rings (SSSR count). The molecule has 0 saturated heterocycles. The highest BCUT2D eigenvalue weighted by Crippen LogP contribution is 2.52. The number of amides is 1. The van der Waals surface area contributed by atoms with E-state index in [-0.39, 0.29) is 5.01 Å². The summed E-state index contributed by atoms with van der Waals surface area (Å²) in [6.45, 7) is 4.00. The van der Waals surface area contributed by atoms with E-state index in [1.54, 1.807) is 0 Å². The van der Waals surface area contributed by atoms with Crippen LogP contribution in [0.25, 0.3) is 0 Å². The van der Waals surface area contributed by atoms with Gasteiger partial charge in [0, 0.05) is 17.8 Å². The van der Waals surface area contributed by atoms with E-state index in [0.717, 1.165) is 0 Å². The summed E-state index contributed by atoms with van der Waals surface area (Å²) >= 11 is 0. The Kier molecular flexibility index (Phi) is 4.23. The van der Waals surface area contributed by atoms with E-state index < -0.39 is 53.1 Å². The summed E-state index contributed by atoms with van der Waals surface area (Å²) in [4.78, 5) is 12.2. The van der Waals surface area contributed by atoms with E-state index in [9.17, 15) is 40.6 Å². The molecule has 1 aliphatic heterocycles. The van der Waals surface area contributed by atoms with Gasteiger partial charge in [0.15, 0.2) is 5.72 Å². The van der Waals surface area contributed by atoms with Gasteiger partial charge in [0.25, 0.3) is 0 Å². The molecule has 0 radical (unpaired) electrons. The maximum atomic E-state index is 13.9. The average molecular weight is 378 g/mol. The number of hydrogen-bond acceptors (Lipinski definition) is 3. The lowest BCUT2D eigenvalue weighted by Gasteiger charge is -2.42. The molecule has 1 aliphatic carbocycles. The molecule has 0 aromatic carbocycles. The van der Waals surface area contributed by atoms with Crippen LogP contribution in [-0.2, 0) is 4.79 Å². The van der Waals surface area contributed by atoms with Crippen LogP contribution in [0.2, 0.25) is 0 Å². The SMILES string of the molecule is CC(C)(C)[C@@]1(O)CC(C(F)(F)C(F)(F)C(F)(F)F)=NN1C(=O)C1CC1. The first kappa shape index (κ1) is 19.9. The molecular weight excluding hydrogens is 361 g/mol. The van der Waals surface area contributed by atoms with Gasteiger partial charge in [-0.1, -0.05) is 20.8 Å². The predicted molar refractivity (Wildman–Crippen MR) is 72.0 cm³/mol. The molecule has 0 unspecified atom stereocenters. The first-order valence-electron chi connectivity index (χ1n) is 7.43. The third-order valence-corrected chi connectivity index (χ3v) is 4.43. The number of nitrogens with zero attached hydrogens (tertiary/aromatic N) is 2. The highest BCUT2D eigenvalue weighted by atomic mass is 19.4. The fourth-order valence-corrected chi connectivity index (χ4v) is 2.40. The largest absolute Gasteiger partial charge is 0.460 e. The van der Waals surface area contributed by atoms with Crippen LogP contribution < -0.4 is 0 Å². The number of alkyl halides is 7. The van der Waals surface area contributed by atoms with Gasteiger partial charge in [-0.2, -0.15) is 35.8 Å². The van der Waals surface area contributed by atoms with Crippen molar-refractivity contribution >= 4 is 11.6 Å². The van der Waals surface area contributed by atoms with Crippen molar-refractivity contribution < 1.29 is 40.6 Å². The lowest BCUT2D eigenvalue weighted by Crippen LogP contribution is -2.58.